The second-order valence-electron chi connectivity index (χ2n) is 15.0. The Labute approximate surface area is 300 Å². The van der Waals surface area contributed by atoms with Gasteiger partial charge in [0.05, 0.1) is 0 Å². The minimum absolute atomic E-state index is 0.262. The summed E-state index contributed by atoms with van der Waals surface area (Å²) in [6, 6.07) is 29.1. The second kappa shape index (κ2) is 16.5. The first-order chi connectivity index (χ1) is 24.7. The Kier molecular flexibility index (Phi) is 11.4. The lowest BCUT2D eigenvalue weighted by molar-refractivity contribution is 0.283. The molecule has 4 aliphatic rings. The van der Waals surface area contributed by atoms with Gasteiger partial charge in [-0.3, -0.25) is 0 Å². The first-order valence-electron chi connectivity index (χ1n) is 20.2. The van der Waals surface area contributed by atoms with Gasteiger partial charge in [0.1, 0.15) is 0 Å². The van der Waals surface area contributed by atoms with E-state index in [1.165, 1.54) is 137 Å². The monoisotopic (exact) mass is 669 g/mol. The normalized spacial score (nSPS) is 13.9. The van der Waals surface area contributed by atoms with E-state index < -0.39 is 0 Å². The van der Waals surface area contributed by atoms with E-state index in [1.807, 2.05) is 0 Å². The van der Waals surface area contributed by atoms with Crippen LogP contribution in [0.15, 0.2) is 72.8 Å². The number of aryl methyl sites for hydroxylation is 4. The molecule has 4 nitrogen and oxygen atoms in total. The number of aromatic nitrogens is 2. The number of hydrogen-bond acceptors (Lipinski definition) is 2. The molecule has 8 bridgehead atoms. The molecule has 0 atom stereocenters. The minimum Gasteiger partial charge on any atom is -0.396 e. The van der Waals surface area contributed by atoms with Gasteiger partial charge in [-0.05, 0) is 136 Å². The maximum atomic E-state index is 9.57. The molecule has 4 aromatic carbocycles. The van der Waals surface area contributed by atoms with E-state index in [4.69, 9.17) is 0 Å². The van der Waals surface area contributed by atoms with Gasteiger partial charge < -0.3 is 19.1 Å². The molecular weight excluding hydrogens is 611 g/mol. The van der Waals surface area contributed by atoms with Crippen LogP contribution in [0.2, 0.25) is 0 Å². The van der Waals surface area contributed by atoms with Crippen molar-refractivity contribution in [3.63, 3.8) is 0 Å². The number of aliphatic hydroxyl groups excluding tert-OH is 1. The zero-order chi connectivity index (χ0) is 34.3. The van der Waals surface area contributed by atoms with Crippen LogP contribution in [-0.2, 0) is 25.9 Å². The Morgan fingerprint density at radius 3 is 1.42 bits per heavy atom. The molecule has 0 saturated heterocycles. The van der Waals surface area contributed by atoms with Crippen LogP contribution >= 0.6 is 0 Å². The lowest BCUT2D eigenvalue weighted by Crippen LogP contribution is -2.18. The van der Waals surface area contributed by atoms with Crippen LogP contribution in [-0.4, -0.2) is 27.4 Å². The Hall–Kier alpha value is -3.76. The minimum atomic E-state index is 0.262. The number of nitrogens with zero attached hydrogens (tertiary/aromatic N) is 3. The molecule has 0 radical (unpaired) electrons. The van der Waals surface area contributed by atoms with Crippen LogP contribution in [0.25, 0.3) is 43.6 Å². The molecule has 0 saturated carbocycles. The van der Waals surface area contributed by atoms with E-state index in [1.54, 1.807) is 0 Å². The molecule has 6 heterocycles. The van der Waals surface area contributed by atoms with Crippen molar-refractivity contribution in [3.05, 3.63) is 83.9 Å². The van der Waals surface area contributed by atoms with Crippen molar-refractivity contribution in [2.75, 3.05) is 18.1 Å². The number of aliphatic hydroxyl groups is 1. The molecule has 0 amide bonds. The Morgan fingerprint density at radius 2 is 0.940 bits per heavy atom. The fraction of sp³-hybridized carbons (Fsp3) is 0.478. The number of rotatable bonds is 15. The smallest absolute Gasteiger partial charge is 0.0492 e. The van der Waals surface area contributed by atoms with Gasteiger partial charge >= 0.3 is 0 Å². The second-order valence-corrected chi connectivity index (χ2v) is 15.0. The van der Waals surface area contributed by atoms with Crippen LogP contribution in [0.5, 0.6) is 0 Å². The highest BCUT2D eigenvalue weighted by Gasteiger charge is 2.19. The third kappa shape index (κ3) is 7.33. The highest BCUT2D eigenvalue weighted by molar-refractivity contribution is 6.11. The number of benzene rings is 4. The summed E-state index contributed by atoms with van der Waals surface area (Å²) in [5, 5.41) is 15.1. The summed E-state index contributed by atoms with van der Waals surface area (Å²) in [4.78, 5) is 2.55. The Balaban J connectivity index is 1.34. The molecule has 2 aromatic heterocycles. The molecule has 0 unspecified atom stereocenters. The molecule has 50 heavy (non-hydrogen) atoms. The van der Waals surface area contributed by atoms with E-state index >= 15 is 0 Å². The summed E-state index contributed by atoms with van der Waals surface area (Å²) in [6.45, 7) is 7.88. The fourth-order valence-corrected chi connectivity index (χ4v) is 8.60. The molecule has 264 valence electrons. The van der Waals surface area contributed by atoms with Crippen molar-refractivity contribution in [1.82, 2.24) is 9.13 Å². The van der Waals surface area contributed by atoms with Crippen LogP contribution < -0.4 is 4.90 Å². The number of unbranched alkanes of at least 4 members (excludes halogenated alkanes) is 8. The van der Waals surface area contributed by atoms with Crippen molar-refractivity contribution in [1.29, 1.82) is 0 Å². The number of hydrogen-bond donors (Lipinski definition) is 1. The molecule has 4 aliphatic heterocycles. The zero-order valence-electron chi connectivity index (χ0n) is 30.9. The maximum Gasteiger partial charge on any atom is 0.0492 e. The molecule has 1 N–H and O–H groups in total. The van der Waals surface area contributed by atoms with E-state index in [-0.39, 0.29) is 6.61 Å². The maximum absolute atomic E-state index is 9.57. The topological polar surface area (TPSA) is 33.3 Å². The summed E-state index contributed by atoms with van der Waals surface area (Å²) in [7, 11) is 0. The van der Waals surface area contributed by atoms with Crippen LogP contribution in [0.4, 0.5) is 11.4 Å². The van der Waals surface area contributed by atoms with Crippen LogP contribution in [0, 0.1) is 0 Å². The number of anilines is 2. The van der Waals surface area contributed by atoms with Crippen molar-refractivity contribution in [2.24, 2.45) is 0 Å². The van der Waals surface area contributed by atoms with Crippen molar-refractivity contribution in [2.45, 2.75) is 130 Å². The third-order valence-corrected chi connectivity index (χ3v) is 11.4. The van der Waals surface area contributed by atoms with Gasteiger partial charge in [-0.25, -0.2) is 0 Å². The van der Waals surface area contributed by atoms with Crippen LogP contribution in [0.1, 0.15) is 115 Å². The molecule has 0 spiro atoms. The van der Waals surface area contributed by atoms with Crippen molar-refractivity contribution >= 4 is 55.0 Å². The van der Waals surface area contributed by atoms with Crippen molar-refractivity contribution < 1.29 is 5.11 Å². The van der Waals surface area contributed by atoms with E-state index in [0.717, 1.165) is 51.7 Å². The lowest BCUT2D eigenvalue weighted by Gasteiger charge is -2.26. The van der Waals surface area contributed by atoms with E-state index in [9.17, 15) is 5.11 Å². The van der Waals surface area contributed by atoms with Gasteiger partial charge in [0.15, 0.2) is 0 Å². The van der Waals surface area contributed by atoms with Crippen molar-refractivity contribution in [3.8, 4) is 0 Å². The Morgan fingerprint density at radius 1 is 0.480 bits per heavy atom. The van der Waals surface area contributed by atoms with E-state index in [2.05, 4.69) is 101 Å². The van der Waals surface area contributed by atoms with Gasteiger partial charge in [-0.1, -0.05) is 64.5 Å². The first kappa shape index (κ1) is 34.7. The van der Waals surface area contributed by atoms with E-state index in [0.29, 0.717) is 0 Å². The Bertz CT molecular complexity index is 1890. The molecule has 4 heteroatoms. The quantitative estimate of drug-likeness (QED) is 0.110. The van der Waals surface area contributed by atoms with Gasteiger partial charge in [0.25, 0.3) is 0 Å². The third-order valence-electron chi connectivity index (χ3n) is 11.4. The van der Waals surface area contributed by atoms with Crippen LogP contribution in [0.3, 0.4) is 0 Å². The molecular formula is C46H59N3O. The standard InChI is InChI=1S/C46H59N3O/c1-3-5-7-11-17-35-19-23-43-39(31-35)41-33-37-21-25-45(41)48(43)28-13-9-14-29-49-44-24-20-36(18-12-8-6-4-2)32-40(44)42-34-38(22-26-46(42)49)47(37)27-15-10-16-30-50/h19-26,31-34,50H,3-18,27-30H2,1-2H3. The molecule has 0 aliphatic carbocycles. The average molecular weight is 670 g/mol. The predicted octanol–water partition coefficient (Wildman–Crippen LogP) is 12.6. The number of fused-ring (bicyclic) bond motifs is 2. The fourth-order valence-electron chi connectivity index (χ4n) is 8.60. The summed E-state index contributed by atoms with van der Waals surface area (Å²) in [5.41, 5.74) is 10.9. The van der Waals surface area contributed by atoms with Gasteiger partial charge in [0.2, 0.25) is 0 Å². The molecule has 10 rings (SSSR count). The summed E-state index contributed by atoms with van der Waals surface area (Å²) in [6.07, 6.45) is 19.2. The highest BCUT2D eigenvalue weighted by Crippen LogP contribution is 2.39. The molecule has 0 fully saturated rings. The average Bonchev–Trinajstić information content (AvgIpc) is 3.62. The summed E-state index contributed by atoms with van der Waals surface area (Å²) >= 11 is 0. The highest BCUT2D eigenvalue weighted by atomic mass is 16.2. The first-order valence-corrected chi connectivity index (χ1v) is 20.2. The largest absolute Gasteiger partial charge is 0.396 e. The van der Waals surface area contributed by atoms with Gasteiger partial charge in [-0.2, -0.15) is 0 Å². The summed E-state index contributed by atoms with van der Waals surface area (Å²) < 4.78 is 5.21. The summed E-state index contributed by atoms with van der Waals surface area (Å²) in [5.74, 6) is 0. The molecule has 6 aromatic rings. The zero-order valence-corrected chi connectivity index (χ0v) is 30.9. The lowest BCUT2D eigenvalue weighted by atomic mass is 10.0. The van der Waals surface area contributed by atoms with Gasteiger partial charge in [-0.15, -0.1) is 0 Å². The van der Waals surface area contributed by atoms with Gasteiger partial charge in [0, 0.05) is 81.2 Å². The predicted molar refractivity (Wildman–Crippen MR) is 216 cm³/mol. The SMILES string of the molecule is CCCCCCc1ccc2c(c1)c1cc3ccc1n2CCCCCn1c2ccc(CCCCCC)cc2c2cc(ccc21)N3CCCCCO.